The van der Waals surface area contributed by atoms with Crippen molar-refractivity contribution in [2.45, 2.75) is 19.0 Å². The van der Waals surface area contributed by atoms with E-state index < -0.39 is 0 Å². The highest BCUT2D eigenvalue weighted by Crippen LogP contribution is 2.21. The number of ketones is 1. The minimum Gasteiger partial charge on any atom is -0.312 e. The smallest absolute Gasteiger partial charge is 0.229 e. The Morgan fingerprint density at radius 1 is 1.41 bits per heavy atom. The highest BCUT2D eigenvalue weighted by Gasteiger charge is 2.18. The summed E-state index contributed by atoms with van der Waals surface area (Å²) >= 11 is 1.37. The molecule has 3 heterocycles. The molecule has 0 saturated heterocycles. The summed E-state index contributed by atoms with van der Waals surface area (Å²) in [5.41, 5.74) is 2.46. The van der Waals surface area contributed by atoms with E-state index >= 15 is 0 Å². The zero-order valence-electron chi connectivity index (χ0n) is 12.4. The standard InChI is InChI=1S/C13H15N7OS/c1-8-4-10(9(2)20(8)12-14-6-15-17-12)11(21)5-22-13-18-16-7-19(13)3/h4,6-7H,5H2,1-3H3,(H,14,15,17). The normalized spacial score (nSPS) is 11.0. The van der Waals surface area contributed by atoms with Gasteiger partial charge in [0.25, 0.3) is 0 Å². The summed E-state index contributed by atoms with van der Waals surface area (Å²) in [6, 6.07) is 1.87. The van der Waals surface area contributed by atoms with E-state index in [0.29, 0.717) is 17.3 Å². The van der Waals surface area contributed by atoms with Crippen molar-refractivity contribution < 1.29 is 4.79 Å². The molecule has 0 amide bonds. The van der Waals surface area contributed by atoms with Gasteiger partial charge in [-0.05, 0) is 19.9 Å². The number of nitrogens with zero attached hydrogens (tertiary/aromatic N) is 6. The number of H-pyrrole nitrogens is 1. The van der Waals surface area contributed by atoms with E-state index in [0.717, 1.165) is 16.5 Å². The Labute approximate surface area is 131 Å². The van der Waals surface area contributed by atoms with Crippen molar-refractivity contribution in [3.8, 4) is 5.95 Å². The Morgan fingerprint density at radius 3 is 2.86 bits per heavy atom. The molecule has 3 aromatic rings. The molecule has 0 aromatic carbocycles. The predicted molar refractivity (Wildman–Crippen MR) is 81.2 cm³/mol. The van der Waals surface area contributed by atoms with Crippen molar-refractivity contribution in [1.29, 1.82) is 0 Å². The van der Waals surface area contributed by atoms with Gasteiger partial charge in [0.05, 0.1) is 5.75 Å². The second kappa shape index (κ2) is 5.76. The van der Waals surface area contributed by atoms with E-state index in [1.165, 1.54) is 18.1 Å². The number of carbonyl (C=O) groups excluding carboxylic acids is 1. The van der Waals surface area contributed by atoms with Crippen LogP contribution in [0.2, 0.25) is 0 Å². The summed E-state index contributed by atoms with van der Waals surface area (Å²) in [6.07, 6.45) is 3.06. The monoisotopic (exact) mass is 317 g/mol. The second-order valence-electron chi connectivity index (χ2n) is 4.87. The van der Waals surface area contributed by atoms with Gasteiger partial charge >= 0.3 is 0 Å². The summed E-state index contributed by atoms with van der Waals surface area (Å²) in [5.74, 6) is 0.967. The first-order chi connectivity index (χ1) is 10.6. The van der Waals surface area contributed by atoms with Crippen molar-refractivity contribution in [3.63, 3.8) is 0 Å². The number of nitrogens with one attached hydrogen (secondary N) is 1. The molecule has 22 heavy (non-hydrogen) atoms. The molecule has 114 valence electrons. The van der Waals surface area contributed by atoms with Gasteiger partial charge in [-0.15, -0.1) is 10.2 Å². The molecule has 0 aliphatic carbocycles. The van der Waals surface area contributed by atoms with Crippen LogP contribution in [0.1, 0.15) is 21.7 Å². The number of aromatic nitrogens is 7. The van der Waals surface area contributed by atoms with Crippen LogP contribution in [0.5, 0.6) is 0 Å². The molecule has 0 aliphatic heterocycles. The minimum atomic E-state index is 0.0480. The molecule has 0 bridgehead atoms. The number of hydrogen-bond donors (Lipinski definition) is 1. The van der Waals surface area contributed by atoms with Crippen molar-refractivity contribution in [1.82, 2.24) is 34.5 Å². The lowest BCUT2D eigenvalue weighted by atomic mass is 10.2. The van der Waals surface area contributed by atoms with Crippen LogP contribution in [-0.2, 0) is 7.05 Å². The molecule has 3 rings (SSSR count). The van der Waals surface area contributed by atoms with E-state index in [2.05, 4.69) is 25.4 Å². The molecule has 0 saturated carbocycles. The quantitative estimate of drug-likeness (QED) is 0.563. The fourth-order valence-electron chi connectivity index (χ4n) is 2.29. The molecule has 9 heteroatoms. The van der Waals surface area contributed by atoms with E-state index in [1.807, 2.05) is 31.5 Å². The van der Waals surface area contributed by atoms with Gasteiger partial charge in [0.2, 0.25) is 5.95 Å². The predicted octanol–water partition coefficient (Wildman–Crippen LogP) is 1.32. The minimum absolute atomic E-state index is 0.0480. The molecular formula is C13H15N7OS. The first-order valence-corrected chi connectivity index (χ1v) is 7.61. The summed E-state index contributed by atoms with van der Waals surface area (Å²) < 4.78 is 3.67. The van der Waals surface area contributed by atoms with Gasteiger partial charge in [0.1, 0.15) is 12.7 Å². The Bertz CT molecular complexity index is 803. The van der Waals surface area contributed by atoms with Crippen molar-refractivity contribution >= 4 is 17.5 Å². The van der Waals surface area contributed by atoms with Gasteiger partial charge in [-0.25, -0.2) is 5.10 Å². The van der Waals surface area contributed by atoms with Crippen LogP contribution < -0.4 is 0 Å². The van der Waals surface area contributed by atoms with Crippen LogP contribution in [0, 0.1) is 13.8 Å². The maximum Gasteiger partial charge on any atom is 0.229 e. The largest absolute Gasteiger partial charge is 0.312 e. The van der Waals surface area contributed by atoms with E-state index in [1.54, 1.807) is 10.9 Å². The zero-order chi connectivity index (χ0) is 15.7. The first-order valence-electron chi connectivity index (χ1n) is 6.62. The van der Waals surface area contributed by atoms with Crippen LogP contribution in [0.3, 0.4) is 0 Å². The highest BCUT2D eigenvalue weighted by molar-refractivity contribution is 7.99. The summed E-state index contributed by atoms with van der Waals surface area (Å²) in [6.45, 7) is 3.83. The SMILES string of the molecule is Cc1cc(C(=O)CSc2nncn2C)c(C)n1-c1ncn[nH]1. The fraction of sp³-hybridized carbons (Fsp3) is 0.308. The fourth-order valence-corrected chi connectivity index (χ4v) is 3.06. The molecule has 0 spiro atoms. The third kappa shape index (κ3) is 2.54. The van der Waals surface area contributed by atoms with Crippen LogP contribution in [0.25, 0.3) is 5.95 Å². The third-order valence-corrected chi connectivity index (χ3v) is 4.38. The number of aromatic amines is 1. The van der Waals surface area contributed by atoms with Crippen molar-refractivity contribution in [3.05, 3.63) is 35.7 Å². The number of Topliss-reactive ketones (excluding diaryl/α,β-unsaturated/α-hetero) is 1. The van der Waals surface area contributed by atoms with Gasteiger partial charge in [-0.2, -0.15) is 10.1 Å². The molecule has 0 radical (unpaired) electrons. The van der Waals surface area contributed by atoms with Gasteiger partial charge in [0.15, 0.2) is 10.9 Å². The Kier molecular flexibility index (Phi) is 3.80. The number of rotatable bonds is 5. The topological polar surface area (TPSA) is 94.3 Å². The zero-order valence-corrected chi connectivity index (χ0v) is 13.3. The van der Waals surface area contributed by atoms with Crippen molar-refractivity contribution in [2.75, 3.05) is 5.75 Å². The summed E-state index contributed by atoms with van der Waals surface area (Å²) in [5, 5.41) is 15.1. The maximum atomic E-state index is 12.5. The average molecular weight is 317 g/mol. The van der Waals surface area contributed by atoms with E-state index in [-0.39, 0.29) is 5.78 Å². The van der Waals surface area contributed by atoms with Gasteiger partial charge in [0, 0.05) is 24.0 Å². The molecule has 1 N–H and O–H groups in total. The number of aryl methyl sites for hydroxylation is 2. The molecule has 0 unspecified atom stereocenters. The molecule has 0 atom stereocenters. The maximum absolute atomic E-state index is 12.5. The summed E-state index contributed by atoms with van der Waals surface area (Å²) in [4.78, 5) is 16.6. The van der Waals surface area contributed by atoms with Crippen molar-refractivity contribution in [2.24, 2.45) is 7.05 Å². The van der Waals surface area contributed by atoms with E-state index in [4.69, 9.17) is 0 Å². The number of carbonyl (C=O) groups is 1. The van der Waals surface area contributed by atoms with E-state index in [9.17, 15) is 4.79 Å². The Hall–Kier alpha value is -2.42. The Morgan fingerprint density at radius 2 is 2.23 bits per heavy atom. The van der Waals surface area contributed by atoms with Crippen LogP contribution >= 0.6 is 11.8 Å². The summed E-state index contributed by atoms with van der Waals surface area (Å²) in [7, 11) is 1.85. The van der Waals surface area contributed by atoms with Crippen LogP contribution in [-0.4, -0.2) is 46.0 Å². The molecule has 0 fully saturated rings. The van der Waals surface area contributed by atoms with Crippen LogP contribution in [0.4, 0.5) is 0 Å². The molecule has 3 aromatic heterocycles. The highest BCUT2D eigenvalue weighted by atomic mass is 32.2. The molecular weight excluding hydrogens is 302 g/mol. The lowest BCUT2D eigenvalue weighted by molar-refractivity contribution is 0.102. The molecule has 8 nitrogen and oxygen atoms in total. The lowest BCUT2D eigenvalue weighted by Gasteiger charge is -2.05. The Balaban J connectivity index is 1.82. The number of hydrogen-bond acceptors (Lipinski definition) is 6. The van der Waals surface area contributed by atoms with Gasteiger partial charge in [-0.1, -0.05) is 11.8 Å². The van der Waals surface area contributed by atoms with Gasteiger partial charge in [-0.3, -0.25) is 9.36 Å². The number of thioether (sulfide) groups is 1. The third-order valence-electron chi connectivity index (χ3n) is 3.35. The average Bonchev–Trinajstić information content (AvgIpc) is 3.18. The second-order valence-corrected chi connectivity index (χ2v) is 5.81. The van der Waals surface area contributed by atoms with Gasteiger partial charge < -0.3 is 4.57 Å². The lowest BCUT2D eigenvalue weighted by Crippen LogP contribution is -2.07. The first kappa shape index (κ1) is 14.5. The van der Waals surface area contributed by atoms with Crippen LogP contribution in [0.15, 0.2) is 23.9 Å². The molecule has 0 aliphatic rings.